The molecule has 90 valence electrons. The third kappa shape index (κ3) is 4.47. The van der Waals surface area contributed by atoms with Gasteiger partial charge in [0.05, 0.1) is 12.7 Å². The number of phenolic OH excluding ortho intramolecular Hbond substituents is 1. The van der Waals surface area contributed by atoms with E-state index in [1.807, 2.05) is 0 Å². The van der Waals surface area contributed by atoms with Gasteiger partial charge in [-0.15, -0.1) is 0 Å². The normalized spacial score (nSPS) is 9.06. The van der Waals surface area contributed by atoms with E-state index in [4.69, 9.17) is 4.74 Å². The van der Waals surface area contributed by atoms with E-state index < -0.39 is 0 Å². The van der Waals surface area contributed by atoms with Crippen molar-refractivity contribution in [3.63, 3.8) is 0 Å². The molecule has 2 N–H and O–H groups in total. The molecule has 0 radical (unpaired) electrons. The number of ether oxygens (including phenoxy) is 1. The maximum absolute atomic E-state index is 10.6. The average Bonchev–Trinajstić information content (AvgIpc) is 2.30. The van der Waals surface area contributed by atoms with E-state index >= 15 is 0 Å². The molecule has 17 heavy (non-hydrogen) atoms. The Morgan fingerprint density at radius 3 is 2.88 bits per heavy atom. The van der Waals surface area contributed by atoms with Gasteiger partial charge in [0.25, 0.3) is 0 Å². The summed E-state index contributed by atoms with van der Waals surface area (Å²) in [6.07, 6.45) is 0.547. The van der Waals surface area contributed by atoms with Gasteiger partial charge in [0.1, 0.15) is 11.5 Å². The molecule has 0 heterocycles. The Morgan fingerprint density at radius 2 is 2.29 bits per heavy atom. The predicted octanol–water partition coefficient (Wildman–Crippen LogP) is 1.28. The van der Waals surface area contributed by atoms with E-state index in [1.165, 1.54) is 20.1 Å². The molecule has 0 aliphatic rings. The van der Waals surface area contributed by atoms with Crippen molar-refractivity contribution in [2.75, 3.05) is 13.7 Å². The molecule has 0 unspecified atom stereocenters. The summed E-state index contributed by atoms with van der Waals surface area (Å²) in [5, 5.41) is 12.3. The van der Waals surface area contributed by atoms with Crippen molar-refractivity contribution >= 4 is 5.91 Å². The molecule has 1 aromatic rings. The Bertz CT molecular complexity index is 457. The fraction of sp³-hybridized carbons (Fsp3) is 0.308. The van der Waals surface area contributed by atoms with Crippen LogP contribution in [0.2, 0.25) is 0 Å². The number of amides is 1. The van der Waals surface area contributed by atoms with Crippen LogP contribution in [0.5, 0.6) is 11.5 Å². The van der Waals surface area contributed by atoms with Gasteiger partial charge in [0, 0.05) is 26.0 Å². The van der Waals surface area contributed by atoms with Crippen molar-refractivity contribution < 1.29 is 14.6 Å². The van der Waals surface area contributed by atoms with E-state index in [9.17, 15) is 9.90 Å². The number of methoxy groups -OCH3 is 1. The lowest BCUT2D eigenvalue weighted by Crippen LogP contribution is -2.20. The molecular formula is C13H15NO3. The first kappa shape index (κ1) is 12.9. The smallest absolute Gasteiger partial charge is 0.216 e. The molecule has 1 aromatic carbocycles. The lowest BCUT2D eigenvalue weighted by atomic mass is 10.2. The Hall–Kier alpha value is -2.15. The van der Waals surface area contributed by atoms with Crippen molar-refractivity contribution in [2.24, 2.45) is 0 Å². The van der Waals surface area contributed by atoms with Gasteiger partial charge in [0.2, 0.25) is 5.91 Å². The van der Waals surface area contributed by atoms with Crippen molar-refractivity contribution in [3.8, 4) is 23.3 Å². The van der Waals surface area contributed by atoms with E-state index in [1.54, 1.807) is 12.1 Å². The van der Waals surface area contributed by atoms with Crippen molar-refractivity contribution in [1.82, 2.24) is 5.32 Å². The molecule has 0 aromatic heterocycles. The predicted molar refractivity (Wildman–Crippen MR) is 64.8 cm³/mol. The maximum Gasteiger partial charge on any atom is 0.216 e. The van der Waals surface area contributed by atoms with Gasteiger partial charge in [-0.2, -0.15) is 0 Å². The molecular weight excluding hydrogens is 218 g/mol. The number of rotatable bonds is 3. The summed E-state index contributed by atoms with van der Waals surface area (Å²) < 4.78 is 4.96. The van der Waals surface area contributed by atoms with Crippen LogP contribution in [0.25, 0.3) is 0 Å². The van der Waals surface area contributed by atoms with Gasteiger partial charge in [0.15, 0.2) is 0 Å². The molecule has 0 saturated carbocycles. The number of phenols is 1. The number of carbonyl (C=O) groups excluding carboxylic acids is 1. The molecule has 4 heteroatoms. The second-order valence-electron chi connectivity index (χ2n) is 3.42. The molecule has 0 aliphatic carbocycles. The lowest BCUT2D eigenvalue weighted by Gasteiger charge is -2.01. The lowest BCUT2D eigenvalue weighted by molar-refractivity contribution is -0.118. The van der Waals surface area contributed by atoms with E-state index in [0.29, 0.717) is 24.3 Å². The van der Waals surface area contributed by atoms with E-state index in [-0.39, 0.29) is 11.7 Å². The highest BCUT2D eigenvalue weighted by molar-refractivity contribution is 5.72. The minimum Gasteiger partial charge on any atom is -0.507 e. The molecule has 0 fully saturated rings. The molecule has 0 spiro atoms. The number of nitrogens with one attached hydrogen (secondary N) is 1. The van der Waals surface area contributed by atoms with Gasteiger partial charge < -0.3 is 15.2 Å². The fourth-order valence-electron chi connectivity index (χ4n) is 1.20. The summed E-state index contributed by atoms with van der Waals surface area (Å²) in [5.74, 6) is 6.31. The van der Waals surface area contributed by atoms with Gasteiger partial charge >= 0.3 is 0 Å². The summed E-state index contributed by atoms with van der Waals surface area (Å²) in [6.45, 7) is 1.97. The van der Waals surface area contributed by atoms with Crippen LogP contribution in [0.4, 0.5) is 0 Å². The number of benzene rings is 1. The highest BCUT2D eigenvalue weighted by atomic mass is 16.5. The van der Waals surface area contributed by atoms with Crippen LogP contribution in [0.3, 0.4) is 0 Å². The minimum absolute atomic E-state index is 0.0703. The Labute approximate surface area is 101 Å². The summed E-state index contributed by atoms with van der Waals surface area (Å²) in [6, 6.07) is 4.94. The topological polar surface area (TPSA) is 58.6 Å². The van der Waals surface area contributed by atoms with Crippen LogP contribution in [0.15, 0.2) is 18.2 Å². The summed E-state index contributed by atoms with van der Waals surface area (Å²) >= 11 is 0. The Balaban J connectivity index is 2.57. The maximum atomic E-state index is 10.6. The zero-order chi connectivity index (χ0) is 12.7. The highest BCUT2D eigenvalue weighted by Gasteiger charge is 1.99. The zero-order valence-electron chi connectivity index (χ0n) is 9.91. The number of hydrogen-bond donors (Lipinski definition) is 2. The quantitative estimate of drug-likeness (QED) is 0.610. The Morgan fingerprint density at radius 1 is 1.53 bits per heavy atom. The highest BCUT2D eigenvalue weighted by Crippen LogP contribution is 2.22. The second-order valence-corrected chi connectivity index (χ2v) is 3.42. The molecule has 4 nitrogen and oxygen atoms in total. The van der Waals surface area contributed by atoms with Crippen LogP contribution in [-0.4, -0.2) is 24.7 Å². The van der Waals surface area contributed by atoms with Gasteiger partial charge in [-0.3, -0.25) is 4.79 Å². The first-order chi connectivity index (χ1) is 8.13. The van der Waals surface area contributed by atoms with Gasteiger partial charge in [-0.25, -0.2) is 0 Å². The molecule has 0 aliphatic heterocycles. The van der Waals surface area contributed by atoms with Gasteiger partial charge in [-0.1, -0.05) is 11.8 Å². The van der Waals surface area contributed by atoms with Crippen molar-refractivity contribution in [1.29, 1.82) is 0 Å². The second kappa shape index (κ2) is 6.44. The summed E-state index contributed by atoms with van der Waals surface area (Å²) in [7, 11) is 1.54. The standard InChI is InChI=1S/C13H15NO3/c1-10(15)14-8-4-3-5-11-6-7-12(17-2)9-13(11)16/h6-7,9,16H,4,8H2,1-2H3,(H,14,15). The van der Waals surface area contributed by atoms with Crippen LogP contribution >= 0.6 is 0 Å². The molecule has 0 saturated heterocycles. The monoisotopic (exact) mass is 233 g/mol. The van der Waals surface area contributed by atoms with Crippen molar-refractivity contribution in [2.45, 2.75) is 13.3 Å². The zero-order valence-corrected chi connectivity index (χ0v) is 9.91. The van der Waals surface area contributed by atoms with Crippen LogP contribution in [0, 0.1) is 11.8 Å². The van der Waals surface area contributed by atoms with Crippen LogP contribution in [0.1, 0.15) is 18.9 Å². The Kier molecular flexibility index (Phi) is 4.89. The SMILES string of the molecule is COc1ccc(C#CCCNC(C)=O)c(O)c1. The third-order valence-electron chi connectivity index (χ3n) is 2.05. The minimum atomic E-state index is -0.0703. The first-order valence-corrected chi connectivity index (χ1v) is 5.24. The first-order valence-electron chi connectivity index (χ1n) is 5.24. The number of carbonyl (C=O) groups is 1. The van der Waals surface area contributed by atoms with Crippen LogP contribution in [-0.2, 0) is 4.79 Å². The van der Waals surface area contributed by atoms with E-state index in [0.717, 1.165) is 0 Å². The van der Waals surface area contributed by atoms with E-state index in [2.05, 4.69) is 17.2 Å². The third-order valence-corrected chi connectivity index (χ3v) is 2.05. The fourth-order valence-corrected chi connectivity index (χ4v) is 1.20. The molecule has 0 bridgehead atoms. The summed E-state index contributed by atoms with van der Waals surface area (Å²) in [4.78, 5) is 10.6. The molecule has 0 atom stereocenters. The van der Waals surface area contributed by atoms with Gasteiger partial charge in [-0.05, 0) is 12.1 Å². The number of aromatic hydroxyl groups is 1. The summed E-state index contributed by atoms with van der Waals surface area (Å²) in [5.41, 5.74) is 0.550. The average molecular weight is 233 g/mol. The largest absolute Gasteiger partial charge is 0.507 e. The molecule has 1 rings (SSSR count). The number of hydrogen-bond acceptors (Lipinski definition) is 3. The molecule has 1 amide bonds. The van der Waals surface area contributed by atoms with Crippen LogP contribution < -0.4 is 10.1 Å². The van der Waals surface area contributed by atoms with Crippen molar-refractivity contribution in [3.05, 3.63) is 23.8 Å².